The highest BCUT2D eigenvalue weighted by Crippen LogP contribution is 2.43. The van der Waals surface area contributed by atoms with Gasteiger partial charge in [-0.05, 0) is 31.2 Å². The standard InChI is InChI=1S/C19H27NO3/c1-22-13-16-18(15-11-12-23-19(15)16)20-17(21)10-6-5-9-14-7-3-2-4-8-14/h2-4,7-8,15-16,18-19H,5-6,9-13H2,1H3,(H,20,21)/t15-,16+,18+,19-/m0/s1. The number of carbonyl (C=O) groups is 1. The van der Waals surface area contributed by atoms with Crippen molar-refractivity contribution >= 4 is 5.91 Å². The van der Waals surface area contributed by atoms with Gasteiger partial charge >= 0.3 is 0 Å². The van der Waals surface area contributed by atoms with E-state index in [1.807, 2.05) is 6.07 Å². The molecule has 1 saturated heterocycles. The molecule has 2 fully saturated rings. The van der Waals surface area contributed by atoms with Crippen molar-refractivity contribution in [2.24, 2.45) is 11.8 Å². The van der Waals surface area contributed by atoms with Crippen molar-refractivity contribution in [3.8, 4) is 0 Å². The van der Waals surface area contributed by atoms with Crippen molar-refractivity contribution in [1.29, 1.82) is 0 Å². The molecule has 4 atom stereocenters. The average Bonchev–Trinajstić information content (AvgIpc) is 3.00. The van der Waals surface area contributed by atoms with Crippen LogP contribution >= 0.6 is 0 Å². The number of nitrogens with one attached hydrogen (secondary N) is 1. The molecule has 126 valence electrons. The maximum Gasteiger partial charge on any atom is 0.220 e. The zero-order chi connectivity index (χ0) is 16.1. The van der Waals surface area contributed by atoms with Gasteiger partial charge in [-0.25, -0.2) is 0 Å². The van der Waals surface area contributed by atoms with Crippen molar-refractivity contribution in [2.45, 2.75) is 44.2 Å². The van der Waals surface area contributed by atoms with Gasteiger partial charge in [0.25, 0.3) is 0 Å². The van der Waals surface area contributed by atoms with E-state index < -0.39 is 0 Å². The third-order valence-electron chi connectivity index (χ3n) is 5.18. The van der Waals surface area contributed by atoms with E-state index in [0.717, 1.165) is 32.3 Å². The van der Waals surface area contributed by atoms with Gasteiger partial charge in [0, 0.05) is 38.0 Å². The van der Waals surface area contributed by atoms with Crippen LogP contribution < -0.4 is 5.32 Å². The number of hydrogen-bond donors (Lipinski definition) is 1. The van der Waals surface area contributed by atoms with Crippen LogP contribution in [-0.2, 0) is 20.7 Å². The fourth-order valence-electron chi connectivity index (χ4n) is 3.95. The number of methoxy groups -OCH3 is 1. The zero-order valence-electron chi connectivity index (χ0n) is 13.9. The quantitative estimate of drug-likeness (QED) is 0.750. The summed E-state index contributed by atoms with van der Waals surface area (Å²) < 4.78 is 11.0. The molecule has 1 N–H and O–H groups in total. The van der Waals surface area contributed by atoms with Gasteiger partial charge in [0.1, 0.15) is 0 Å². The summed E-state index contributed by atoms with van der Waals surface area (Å²) in [6.45, 7) is 1.49. The molecular weight excluding hydrogens is 290 g/mol. The first-order chi connectivity index (χ1) is 11.3. The Balaban J connectivity index is 1.37. The van der Waals surface area contributed by atoms with Crippen LogP contribution in [-0.4, -0.2) is 38.4 Å². The van der Waals surface area contributed by atoms with Gasteiger partial charge in [0.05, 0.1) is 12.7 Å². The topological polar surface area (TPSA) is 47.6 Å². The third kappa shape index (κ3) is 3.93. The van der Waals surface area contributed by atoms with E-state index in [0.29, 0.717) is 31.0 Å². The lowest BCUT2D eigenvalue weighted by Gasteiger charge is -2.47. The molecule has 3 rings (SSSR count). The number of fused-ring (bicyclic) bond motifs is 1. The smallest absolute Gasteiger partial charge is 0.220 e. The normalized spacial score (nSPS) is 28.9. The molecule has 4 nitrogen and oxygen atoms in total. The molecule has 0 spiro atoms. The second-order valence-corrected chi connectivity index (χ2v) is 6.69. The number of amides is 1. The lowest BCUT2D eigenvalue weighted by Crippen LogP contribution is -2.62. The highest BCUT2D eigenvalue weighted by Gasteiger charge is 2.54. The van der Waals surface area contributed by atoms with E-state index in [-0.39, 0.29) is 11.9 Å². The Bertz CT molecular complexity index is 505. The Morgan fingerprint density at radius 3 is 2.91 bits per heavy atom. The van der Waals surface area contributed by atoms with Crippen LogP contribution in [0.2, 0.25) is 0 Å². The van der Waals surface area contributed by atoms with E-state index in [2.05, 4.69) is 29.6 Å². The molecule has 0 aromatic heterocycles. The Morgan fingerprint density at radius 1 is 1.30 bits per heavy atom. The molecule has 4 heteroatoms. The fourth-order valence-corrected chi connectivity index (χ4v) is 3.95. The predicted molar refractivity (Wildman–Crippen MR) is 89.1 cm³/mol. The molecule has 1 aromatic rings. The van der Waals surface area contributed by atoms with Gasteiger partial charge in [-0.2, -0.15) is 0 Å². The molecule has 0 unspecified atom stereocenters. The van der Waals surface area contributed by atoms with Gasteiger partial charge in [-0.3, -0.25) is 4.79 Å². The van der Waals surface area contributed by atoms with Crippen LogP contribution in [0.15, 0.2) is 30.3 Å². The van der Waals surface area contributed by atoms with Crippen LogP contribution in [0.5, 0.6) is 0 Å². The monoisotopic (exact) mass is 317 g/mol. The molecule has 1 heterocycles. The minimum atomic E-state index is 0.175. The Labute approximate surface area is 138 Å². The molecule has 1 saturated carbocycles. The second-order valence-electron chi connectivity index (χ2n) is 6.69. The largest absolute Gasteiger partial charge is 0.384 e. The highest BCUT2D eigenvalue weighted by atomic mass is 16.5. The summed E-state index contributed by atoms with van der Waals surface area (Å²) in [7, 11) is 1.71. The van der Waals surface area contributed by atoms with Crippen LogP contribution in [0.25, 0.3) is 0 Å². The molecule has 1 aliphatic heterocycles. The SMILES string of the molecule is COC[C@@H]1[C@H](NC(=O)CCCCc2ccccc2)[C@@H]2CCO[C@H]12. The molecule has 1 aromatic carbocycles. The molecule has 1 amide bonds. The van der Waals surface area contributed by atoms with Gasteiger partial charge in [0.15, 0.2) is 0 Å². The Hall–Kier alpha value is -1.39. The first-order valence-electron chi connectivity index (χ1n) is 8.73. The van der Waals surface area contributed by atoms with Crippen molar-refractivity contribution in [1.82, 2.24) is 5.32 Å². The Morgan fingerprint density at radius 2 is 2.13 bits per heavy atom. The molecule has 0 radical (unpaired) electrons. The third-order valence-corrected chi connectivity index (χ3v) is 5.18. The first kappa shape index (κ1) is 16.5. The second kappa shape index (κ2) is 7.93. The lowest BCUT2D eigenvalue weighted by molar-refractivity contribution is -0.129. The van der Waals surface area contributed by atoms with Gasteiger partial charge in [-0.15, -0.1) is 0 Å². The summed E-state index contributed by atoms with van der Waals surface area (Å²) >= 11 is 0. The number of aryl methyl sites for hydroxylation is 1. The molecular formula is C19H27NO3. The summed E-state index contributed by atoms with van der Waals surface area (Å²) in [5.41, 5.74) is 1.35. The van der Waals surface area contributed by atoms with Crippen LogP contribution in [0.4, 0.5) is 0 Å². The van der Waals surface area contributed by atoms with Gasteiger partial charge < -0.3 is 14.8 Å². The van der Waals surface area contributed by atoms with Crippen molar-refractivity contribution < 1.29 is 14.3 Å². The zero-order valence-corrected chi connectivity index (χ0v) is 13.9. The van der Waals surface area contributed by atoms with Gasteiger partial charge in [0.2, 0.25) is 5.91 Å². The summed E-state index contributed by atoms with van der Waals surface area (Å²) in [5.74, 6) is 0.985. The van der Waals surface area contributed by atoms with E-state index in [1.54, 1.807) is 7.11 Å². The number of benzene rings is 1. The van der Waals surface area contributed by atoms with E-state index >= 15 is 0 Å². The first-order valence-corrected chi connectivity index (χ1v) is 8.73. The highest BCUT2D eigenvalue weighted by molar-refractivity contribution is 5.76. The van der Waals surface area contributed by atoms with Crippen LogP contribution in [0, 0.1) is 11.8 Å². The minimum absolute atomic E-state index is 0.175. The number of rotatable bonds is 8. The van der Waals surface area contributed by atoms with Crippen LogP contribution in [0.1, 0.15) is 31.2 Å². The Kier molecular flexibility index (Phi) is 5.68. The fraction of sp³-hybridized carbons (Fsp3) is 0.632. The number of hydrogen-bond acceptors (Lipinski definition) is 3. The maximum atomic E-state index is 12.2. The van der Waals surface area contributed by atoms with Gasteiger partial charge in [-0.1, -0.05) is 30.3 Å². The van der Waals surface area contributed by atoms with Crippen LogP contribution in [0.3, 0.4) is 0 Å². The maximum absolute atomic E-state index is 12.2. The average molecular weight is 317 g/mol. The van der Waals surface area contributed by atoms with Crippen molar-refractivity contribution in [3.05, 3.63) is 35.9 Å². The molecule has 1 aliphatic carbocycles. The number of ether oxygens (including phenoxy) is 2. The predicted octanol–water partition coefficient (Wildman–Crippen LogP) is 2.57. The molecule has 0 bridgehead atoms. The summed E-state index contributed by atoms with van der Waals surface area (Å²) in [4.78, 5) is 12.2. The van der Waals surface area contributed by atoms with Crippen molar-refractivity contribution in [3.63, 3.8) is 0 Å². The molecule has 2 aliphatic rings. The van der Waals surface area contributed by atoms with E-state index in [1.165, 1.54) is 5.56 Å². The summed E-state index contributed by atoms with van der Waals surface area (Å²) in [5, 5.41) is 3.22. The number of unbranched alkanes of at least 4 members (excludes halogenated alkanes) is 1. The summed E-state index contributed by atoms with van der Waals surface area (Å²) in [6, 6.07) is 10.7. The summed E-state index contributed by atoms with van der Waals surface area (Å²) in [6.07, 6.45) is 5.00. The minimum Gasteiger partial charge on any atom is -0.384 e. The van der Waals surface area contributed by atoms with E-state index in [4.69, 9.17) is 9.47 Å². The molecule has 23 heavy (non-hydrogen) atoms. The van der Waals surface area contributed by atoms with E-state index in [9.17, 15) is 4.79 Å². The number of carbonyl (C=O) groups excluding carboxylic acids is 1. The van der Waals surface area contributed by atoms with Crippen molar-refractivity contribution in [2.75, 3.05) is 20.3 Å². The lowest BCUT2D eigenvalue weighted by atomic mass is 9.67.